The molecule has 0 unspecified atom stereocenters. The zero-order chi connectivity index (χ0) is 21.3. The molecule has 1 amide bonds. The Morgan fingerprint density at radius 2 is 1.63 bits per heavy atom. The summed E-state index contributed by atoms with van der Waals surface area (Å²) in [5, 5.41) is 3.12. The number of hydrogen-bond acceptors (Lipinski definition) is 4. The molecule has 0 radical (unpaired) electrons. The van der Waals surface area contributed by atoms with Crippen molar-refractivity contribution in [2.24, 2.45) is 0 Å². The highest BCUT2D eigenvalue weighted by Crippen LogP contribution is 2.31. The van der Waals surface area contributed by atoms with Gasteiger partial charge >= 0.3 is 0 Å². The van der Waals surface area contributed by atoms with Gasteiger partial charge < -0.3 is 14.8 Å². The molecule has 0 spiro atoms. The highest BCUT2D eigenvalue weighted by molar-refractivity contribution is 7.98. The van der Waals surface area contributed by atoms with Crippen LogP contribution in [0.4, 0.5) is 0 Å². The van der Waals surface area contributed by atoms with Crippen LogP contribution in [0.1, 0.15) is 40.9 Å². The SMILES string of the molecule is CC[C@H](NC(=O)c1ccc(CSc2ccccc2)cc1)c1ccc(OC)c(OC)c1. The van der Waals surface area contributed by atoms with Crippen LogP contribution in [-0.4, -0.2) is 20.1 Å². The van der Waals surface area contributed by atoms with E-state index in [0.29, 0.717) is 17.1 Å². The molecule has 3 aromatic carbocycles. The maximum absolute atomic E-state index is 12.8. The molecular formula is C25H27NO3S. The van der Waals surface area contributed by atoms with Crippen LogP contribution in [-0.2, 0) is 5.75 Å². The maximum atomic E-state index is 12.8. The minimum Gasteiger partial charge on any atom is -0.493 e. The zero-order valence-electron chi connectivity index (χ0n) is 17.6. The van der Waals surface area contributed by atoms with E-state index in [0.717, 1.165) is 17.7 Å². The van der Waals surface area contributed by atoms with E-state index < -0.39 is 0 Å². The van der Waals surface area contributed by atoms with Crippen LogP contribution in [0.25, 0.3) is 0 Å². The second kappa shape index (κ2) is 10.7. The first-order valence-electron chi connectivity index (χ1n) is 9.94. The summed E-state index contributed by atoms with van der Waals surface area (Å²) in [6.07, 6.45) is 0.771. The number of benzene rings is 3. The van der Waals surface area contributed by atoms with Crippen molar-refractivity contribution in [1.29, 1.82) is 0 Å². The van der Waals surface area contributed by atoms with Crippen LogP contribution in [0.2, 0.25) is 0 Å². The van der Waals surface area contributed by atoms with E-state index in [1.54, 1.807) is 26.0 Å². The molecule has 0 saturated heterocycles. The molecule has 30 heavy (non-hydrogen) atoms. The van der Waals surface area contributed by atoms with Gasteiger partial charge in [-0.1, -0.05) is 43.3 Å². The number of carbonyl (C=O) groups is 1. The normalized spacial score (nSPS) is 11.6. The summed E-state index contributed by atoms with van der Waals surface area (Å²) < 4.78 is 10.7. The van der Waals surface area contributed by atoms with Gasteiger partial charge in [-0.3, -0.25) is 4.79 Å². The number of ether oxygens (including phenoxy) is 2. The highest BCUT2D eigenvalue weighted by atomic mass is 32.2. The molecule has 0 aliphatic carbocycles. The quantitative estimate of drug-likeness (QED) is 0.439. The number of nitrogens with one attached hydrogen (secondary N) is 1. The largest absolute Gasteiger partial charge is 0.493 e. The molecule has 5 heteroatoms. The van der Waals surface area contributed by atoms with Crippen LogP contribution >= 0.6 is 11.8 Å². The van der Waals surface area contributed by atoms with Crippen molar-refractivity contribution in [1.82, 2.24) is 5.32 Å². The van der Waals surface area contributed by atoms with Gasteiger partial charge in [-0.2, -0.15) is 0 Å². The molecule has 156 valence electrons. The maximum Gasteiger partial charge on any atom is 0.251 e. The number of hydrogen-bond donors (Lipinski definition) is 1. The standard InChI is InChI=1S/C25H27NO3S/c1-4-22(20-14-15-23(28-2)24(16-20)29-3)26-25(27)19-12-10-18(11-13-19)17-30-21-8-6-5-7-9-21/h5-16,22H,4,17H2,1-3H3,(H,26,27)/t22-/m0/s1. The molecule has 0 saturated carbocycles. The molecule has 0 aliphatic rings. The number of rotatable bonds is 9. The minimum atomic E-state index is -0.106. The van der Waals surface area contributed by atoms with Crippen LogP contribution in [0.3, 0.4) is 0 Å². The Bertz CT molecular complexity index is 958. The molecule has 0 heterocycles. The predicted octanol–water partition coefficient (Wildman–Crippen LogP) is 5.88. The fourth-order valence-electron chi connectivity index (χ4n) is 3.17. The number of methoxy groups -OCH3 is 2. The topological polar surface area (TPSA) is 47.6 Å². The van der Waals surface area contributed by atoms with Gasteiger partial charge in [0.1, 0.15) is 0 Å². The van der Waals surface area contributed by atoms with E-state index in [1.165, 1.54) is 10.5 Å². The second-order valence-electron chi connectivity index (χ2n) is 6.85. The van der Waals surface area contributed by atoms with Gasteiger partial charge in [-0.05, 0) is 53.9 Å². The molecular weight excluding hydrogens is 394 g/mol. The zero-order valence-corrected chi connectivity index (χ0v) is 18.4. The Morgan fingerprint density at radius 1 is 0.933 bits per heavy atom. The number of carbonyl (C=O) groups excluding carboxylic acids is 1. The molecule has 1 atom stereocenters. The van der Waals surface area contributed by atoms with Gasteiger partial charge in [-0.25, -0.2) is 0 Å². The fraction of sp³-hybridized carbons (Fsp3) is 0.240. The summed E-state index contributed by atoms with van der Waals surface area (Å²) in [4.78, 5) is 14.0. The third-order valence-corrected chi connectivity index (χ3v) is 5.97. The van der Waals surface area contributed by atoms with E-state index in [4.69, 9.17) is 9.47 Å². The van der Waals surface area contributed by atoms with Crippen molar-refractivity contribution >= 4 is 17.7 Å². The summed E-state index contributed by atoms with van der Waals surface area (Å²) in [7, 11) is 3.22. The lowest BCUT2D eigenvalue weighted by Gasteiger charge is -2.19. The molecule has 3 aromatic rings. The summed E-state index contributed by atoms with van der Waals surface area (Å²) >= 11 is 1.78. The molecule has 4 nitrogen and oxygen atoms in total. The van der Waals surface area contributed by atoms with Crippen molar-refractivity contribution in [3.63, 3.8) is 0 Å². The van der Waals surface area contributed by atoms with E-state index >= 15 is 0 Å². The predicted molar refractivity (Wildman–Crippen MR) is 122 cm³/mol. The van der Waals surface area contributed by atoms with E-state index in [-0.39, 0.29) is 11.9 Å². The van der Waals surface area contributed by atoms with Crippen LogP contribution in [0.5, 0.6) is 11.5 Å². The smallest absolute Gasteiger partial charge is 0.251 e. The Hall–Kier alpha value is -2.92. The lowest BCUT2D eigenvalue weighted by molar-refractivity contribution is 0.0935. The Balaban J connectivity index is 1.64. The van der Waals surface area contributed by atoms with E-state index in [2.05, 4.69) is 17.4 Å². The average molecular weight is 422 g/mol. The average Bonchev–Trinajstić information content (AvgIpc) is 2.81. The Morgan fingerprint density at radius 3 is 2.27 bits per heavy atom. The minimum absolute atomic E-state index is 0.0844. The van der Waals surface area contributed by atoms with Gasteiger partial charge in [-0.15, -0.1) is 11.8 Å². The molecule has 1 N–H and O–H groups in total. The molecule has 3 rings (SSSR count). The van der Waals surface area contributed by atoms with E-state index in [1.807, 2.05) is 67.6 Å². The van der Waals surface area contributed by atoms with Crippen LogP contribution < -0.4 is 14.8 Å². The van der Waals surface area contributed by atoms with Gasteiger partial charge in [0.25, 0.3) is 5.91 Å². The van der Waals surface area contributed by atoms with E-state index in [9.17, 15) is 4.79 Å². The van der Waals surface area contributed by atoms with Crippen molar-refractivity contribution in [2.45, 2.75) is 30.0 Å². The molecule has 0 fully saturated rings. The lowest BCUT2D eigenvalue weighted by atomic mass is 10.0. The third kappa shape index (κ3) is 5.57. The van der Waals surface area contributed by atoms with Crippen molar-refractivity contribution < 1.29 is 14.3 Å². The Labute approximate surface area is 182 Å². The summed E-state index contributed by atoms with van der Waals surface area (Å²) in [6.45, 7) is 2.05. The van der Waals surface area contributed by atoms with Crippen molar-refractivity contribution in [3.8, 4) is 11.5 Å². The first-order valence-corrected chi connectivity index (χ1v) is 10.9. The first-order chi connectivity index (χ1) is 14.6. The molecule has 0 aromatic heterocycles. The van der Waals surface area contributed by atoms with Crippen molar-refractivity contribution in [3.05, 3.63) is 89.5 Å². The summed E-state index contributed by atoms with van der Waals surface area (Å²) in [5.74, 6) is 2.11. The molecule has 0 bridgehead atoms. The van der Waals surface area contributed by atoms with Gasteiger partial charge in [0.2, 0.25) is 0 Å². The van der Waals surface area contributed by atoms with Gasteiger partial charge in [0, 0.05) is 16.2 Å². The first kappa shape index (κ1) is 21.8. The Kier molecular flexibility index (Phi) is 7.80. The van der Waals surface area contributed by atoms with Crippen LogP contribution in [0, 0.1) is 0 Å². The summed E-state index contributed by atoms with van der Waals surface area (Å²) in [6, 6.07) is 23.7. The number of amides is 1. The van der Waals surface area contributed by atoms with Crippen molar-refractivity contribution in [2.75, 3.05) is 14.2 Å². The monoisotopic (exact) mass is 421 g/mol. The number of thioether (sulfide) groups is 1. The fourth-order valence-corrected chi connectivity index (χ4v) is 4.04. The van der Waals surface area contributed by atoms with Crippen LogP contribution in [0.15, 0.2) is 77.7 Å². The molecule has 0 aliphatic heterocycles. The third-order valence-electron chi connectivity index (χ3n) is 4.89. The van der Waals surface area contributed by atoms with Gasteiger partial charge in [0.15, 0.2) is 11.5 Å². The second-order valence-corrected chi connectivity index (χ2v) is 7.90. The van der Waals surface area contributed by atoms with Gasteiger partial charge in [0.05, 0.1) is 20.3 Å². The lowest BCUT2D eigenvalue weighted by Crippen LogP contribution is -2.28. The summed E-state index contributed by atoms with van der Waals surface area (Å²) in [5.41, 5.74) is 2.83. The highest BCUT2D eigenvalue weighted by Gasteiger charge is 2.16.